The molecule has 5 heteroatoms. The third kappa shape index (κ3) is 5.99. The fourth-order valence-electron chi connectivity index (χ4n) is 1.45. The number of hydrogen-bond donors (Lipinski definition) is 2. The maximum Gasteiger partial charge on any atom is 0.238 e. The molecule has 0 saturated heterocycles. The summed E-state index contributed by atoms with van der Waals surface area (Å²) in [5, 5.41) is 2.87. The predicted molar refractivity (Wildman–Crippen MR) is 79.0 cm³/mol. The van der Waals surface area contributed by atoms with Crippen molar-refractivity contribution in [1.29, 1.82) is 0 Å². The average Bonchev–Trinajstić information content (AvgIpc) is 2.26. The van der Waals surface area contributed by atoms with Gasteiger partial charge in [-0.15, -0.1) is 0 Å². The van der Waals surface area contributed by atoms with E-state index in [9.17, 15) is 4.79 Å². The van der Waals surface area contributed by atoms with Gasteiger partial charge in [-0.25, -0.2) is 0 Å². The number of anilines is 1. The van der Waals surface area contributed by atoms with E-state index in [-0.39, 0.29) is 5.91 Å². The van der Waals surface area contributed by atoms with Crippen LogP contribution in [0, 0.1) is 3.57 Å². The lowest BCUT2D eigenvalue weighted by Crippen LogP contribution is -2.31. The first-order chi connectivity index (χ1) is 8.11. The molecule has 1 aromatic rings. The minimum absolute atomic E-state index is 0.00604. The maximum atomic E-state index is 11.7. The highest BCUT2D eigenvalue weighted by atomic mass is 127. The van der Waals surface area contributed by atoms with Gasteiger partial charge in [0, 0.05) is 9.26 Å². The highest BCUT2D eigenvalue weighted by Crippen LogP contribution is 2.12. The summed E-state index contributed by atoms with van der Waals surface area (Å²) in [5.41, 5.74) is 6.26. The van der Waals surface area contributed by atoms with Crippen molar-refractivity contribution in [3.8, 4) is 0 Å². The molecule has 4 nitrogen and oxygen atoms in total. The highest BCUT2D eigenvalue weighted by Gasteiger charge is 2.06. The minimum Gasteiger partial charge on any atom is -0.330 e. The number of halogens is 1. The van der Waals surface area contributed by atoms with E-state index in [1.807, 2.05) is 36.2 Å². The Hall–Kier alpha value is -0.660. The van der Waals surface area contributed by atoms with Crippen molar-refractivity contribution in [2.24, 2.45) is 5.73 Å². The van der Waals surface area contributed by atoms with Crippen molar-refractivity contribution in [2.75, 3.05) is 32.0 Å². The van der Waals surface area contributed by atoms with Crippen LogP contribution in [0.4, 0.5) is 5.69 Å². The van der Waals surface area contributed by atoms with Crippen molar-refractivity contribution >= 4 is 34.2 Å². The van der Waals surface area contributed by atoms with E-state index >= 15 is 0 Å². The van der Waals surface area contributed by atoms with Crippen molar-refractivity contribution < 1.29 is 4.79 Å². The molecule has 3 N–H and O–H groups in total. The molecule has 17 heavy (non-hydrogen) atoms. The van der Waals surface area contributed by atoms with Gasteiger partial charge in [0.2, 0.25) is 5.91 Å². The van der Waals surface area contributed by atoms with Crippen LogP contribution >= 0.6 is 22.6 Å². The molecule has 0 fully saturated rings. The minimum atomic E-state index is 0.00604. The van der Waals surface area contributed by atoms with Crippen LogP contribution in [0.1, 0.15) is 6.42 Å². The lowest BCUT2D eigenvalue weighted by Gasteiger charge is -2.15. The van der Waals surface area contributed by atoms with Crippen LogP contribution in [-0.4, -0.2) is 37.5 Å². The van der Waals surface area contributed by atoms with Gasteiger partial charge in [0.1, 0.15) is 0 Å². The number of hydrogen-bond acceptors (Lipinski definition) is 3. The number of carbonyl (C=O) groups is 1. The lowest BCUT2D eigenvalue weighted by atomic mass is 10.3. The lowest BCUT2D eigenvalue weighted by molar-refractivity contribution is -0.117. The summed E-state index contributed by atoms with van der Waals surface area (Å²) in [4.78, 5) is 13.7. The Kier molecular flexibility index (Phi) is 6.46. The Labute approximate surface area is 116 Å². The Bertz CT molecular complexity index is 371. The first-order valence-corrected chi connectivity index (χ1v) is 6.63. The van der Waals surface area contributed by atoms with E-state index in [1.54, 1.807) is 0 Å². The quantitative estimate of drug-likeness (QED) is 0.767. The summed E-state index contributed by atoms with van der Waals surface area (Å²) in [6, 6.07) is 7.75. The Balaban J connectivity index is 2.39. The van der Waals surface area contributed by atoms with E-state index in [0.717, 1.165) is 22.2 Å². The van der Waals surface area contributed by atoms with Gasteiger partial charge in [-0.2, -0.15) is 0 Å². The maximum absolute atomic E-state index is 11.7. The molecule has 0 unspecified atom stereocenters. The summed E-state index contributed by atoms with van der Waals surface area (Å²) < 4.78 is 1.11. The van der Waals surface area contributed by atoms with E-state index in [1.165, 1.54) is 0 Å². The summed E-state index contributed by atoms with van der Waals surface area (Å²) in [6.07, 6.45) is 0.910. The zero-order chi connectivity index (χ0) is 12.7. The van der Waals surface area contributed by atoms with Crippen LogP contribution in [0.3, 0.4) is 0 Å². The second kappa shape index (κ2) is 7.62. The monoisotopic (exact) mass is 347 g/mol. The third-order valence-corrected chi connectivity index (χ3v) is 2.94. The fourth-order valence-corrected chi connectivity index (χ4v) is 2.00. The molecule has 0 aliphatic heterocycles. The summed E-state index contributed by atoms with van der Waals surface area (Å²) in [6.45, 7) is 1.89. The number of nitrogens with zero attached hydrogens (tertiary/aromatic N) is 1. The second-order valence-corrected chi connectivity index (χ2v) is 5.18. The predicted octanol–water partition coefficient (Wildman–Crippen LogP) is 1.51. The molecule has 0 atom stereocenters. The molecular formula is C12H18IN3O. The number of amides is 1. The molecular weight excluding hydrogens is 329 g/mol. The van der Waals surface area contributed by atoms with E-state index < -0.39 is 0 Å². The number of rotatable bonds is 6. The average molecular weight is 347 g/mol. The molecule has 1 rings (SSSR count). The first-order valence-electron chi connectivity index (χ1n) is 5.56. The third-order valence-electron chi connectivity index (χ3n) is 2.27. The topological polar surface area (TPSA) is 58.4 Å². The number of carbonyl (C=O) groups excluding carboxylic acids is 1. The van der Waals surface area contributed by atoms with Gasteiger partial charge < -0.3 is 11.1 Å². The fraction of sp³-hybridized carbons (Fsp3) is 0.417. The van der Waals surface area contributed by atoms with Crippen molar-refractivity contribution in [1.82, 2.24) is 4.90 Å². The van der Waals surface area contributed by atoms with Gasteiger partial charge in [-0.1, -0.05) is 6.07 Å². The van der Waals surface area contributed by atoms with Crippen LogP contribution in [0.2, 0.25) is 0 Å². The van der Waals surface area contributed by atoms with E-state index in [4.69, 9.17) is 5.73 Å². The smallest absolute Gasteiger partial charge is 0.238 e. The van der Waals surface area contributed by atoms with Gasteiger partial charge in [0.05, 0.1) is 6.54 Å². The molecule has 0 bridgehead atoms. The number of benzene rings is 1. The second-order valence-electron chi connectivity index (χ2n) is 3.94. The normalized spacial score (nSPS) is 10.6. The van der Waals surface area contributed by atoms with E-state index in [0.29, 0.717) is 13.1 Å². The van der Waals surface area contributed by atoms with E-state index in [2.05, 4.69) is 27.9 Å². The van der Waals surface area contributed by atoms with Gasteiger partial charge >= 0.3 is 0 Å². The van der Waals surface area contributed by atoms with Crippen LogP contribution in [0.15, 0.2) is 24.3 Å². The van der Waals surface area contributed by atoms with Crippen molar-refractivity contribution in [2.45, 2.75) is 6.42 Å². The summed E-state index contributed by atoms with van der Waals surface area (Å²) >= 11 is 2.22. The molecule has 0 aromatic heterocycles. The molecule has 0 heterocycles. The van der Waals surface area contributed by atoms with Crippen LogP contribution in [0.5, 0.6) is 0 Å². The molecule has 0 spiro atoms. The number of likely N-dealkylation sites (N-methyl/N-ethyl adjacent to an activating group) is 1. The van der Waals surface area contributed by atoms with Crippen molar-refractivity contribution in [3.05, 3.63) is 27.8 Å². The SMILES string of the molecule is CN(CCCN)CC(=O)Nc1cccc(I)c1. The Morgan fingerprint density at radius 2 is 2.29 bits per heavy atom. The molecule has 0 radical (unpaired) electrons. The van der Waals surface area contributed by atoms with Gasteiger partial charge in [0.25, 0.3) is 0 Å². The summed E-state index contributed by atoms with van der Waals surface area (Å²) in [7, 11) is 1.92. The number of nitrogens with two attached hydrogens (primary N) is 1. The van der Waals surface area contributed by atoms with Gasteiger partial charge in [0.15, 0.2) is 0 Å². The molecule has 1 amide bonds. The van der Waals surface area contributed by atoms with Crippen LogP contribution < -0.4 is 11.1 Å². The highest BCUT2D eigenvalue weighted by molar-refractivity contribution is 14.1. The molecule has 1 aromatic carbocycles. The van der Waals surface area contributed by atoms with Crippen LogP contribution in [-0.2, 0) is 4.79 Å². The molecule has 0 saturated carbocycles. The standard InChI is InChI=1S/C12H18IN3O/c1-16(7-3-6-14)9-12(17)15-11-5-2-4-10(13)8-11/h2,4-5,8H,3,6-7,9,14H2,1H3,(H,15,17). The molecule has 94 valence electrons. The Morgan fingerprint density at radius 3 is 2.94 bits per heavy atom. The van der Waals surface area contributed by atoms with Crippen LogP contribution in [0.25, 0.3) is 0 Å². The Morgan fingerprint density at radius 1 is 1.53 bits per heavy atom. The summed E-state index contributed by atoms with van der Waals surface area (Å²) in [5.74, 6) is 0.00604. The number of nitrogens with one attached hydrogen (secondary N) is 1. The molecule has 0 aliphatic rings. The zero-order valence-electron chi connectivity index (χ0n) is 9.95. The first kappa shape index (κ1) is 14.4. The zero-order valence-corrected chi connectivity index (χ0v) is 12.1. The largest absolute Gasteiger partial charge is 0.330 e. The van der Waals surface area contributed by atoms with Gasteiger partial charge in [-0.3, -0.25) is 9.69 Å². The van der Waals surface area contributed by atoms with Crippen molar-refractivity contribution in [3.63, 3.8) is 0 Å². The molecule has 0 aliphatic carbocycles. The van der Waals surface area contributed by atoms with Gasteiger partial charge in [-0.05, 0) is 67.3 Å².